The number of methoxy groups -OCH3 is 1. The molecule has 1 saturated heterocycles. The number of halogens is 1. The van der Waals surface area contributed by atoms with Crippen LogP contribution in [0.1, 0.15) is 30.4 Å². The van der Waals surface area contributed by atoms with Crippen molar-refractivity contribution in [3.8, 4) is 11.6 Å². The molecule has 0 bridgehead atoms. The molecule has 138 valence electrons. The van der Waals surface area contributed by atoms with Crippen molar-refractivity contribution in [1.82, 2.24) is 10.3 Å². The number of hydrogen-bond acceptors (Lipinski definition) is 5. The molecule has 7 nitrogen and oxygen atoms in total. The van der Waals surface area contributed by atoms with Gasteiger partial charge in [-0.05, 0) is 30.0 Å². The van der Waals surface area contributed by atoms with Gasteiger partial charge in [0.05, 0.1) is 18.7 Å². The molecular formula is C18H20FN3O4. The molecule has 1 aromatic carbocycles. The van der Waals surface area contributed by atoms with Gasteiger partial charge in [0, 0.05) is 24.4 Å². The highest BCUT2D eigenvalue weighted by Gasteiger charge is 2.41. The molecule has 8 heteroatoms. The second-order valence-electron chi connectivity index (χ2n) is 5.75. The van der Waals surface area contributed by atoms with Gasteiger partial charge in [0.2, 0.25) is 5.88 Å². The zero-order valence-electron chi connectivity index (χ0n) is 18.8. The standard InChI is InChI=1S/C18H20FN3O4/c1-3-10-13(22-17(24)15(10)19)8-26-18-11-7-14(25-2)12(16(20)23)6-9(11)4-5-21-18/h4-7,10,13,15H,3,8H2,1-2H3,(H2,20,23)(H,22,24)/t10-,13+,15-/m0/s1/i1D3,3D2. The smallest absolute Gasteiger partial charge is 0.255 e. The minimum Gasteiger partial charge on any atom is -0.496 e. The van der Waals surface area contributed by atoms with Gasteiger partial charge in [-0.15, -0.1) is 0 Å². The lowest BCUT2D eigenvalue weighted by Crippen LogP contribution is -2.34. The molecular weight excluding hydrogens is 341 g/mol. The van der Waals surface area contributed by atoms with Crippen molar-refractivity contribution in [2.75, 3.05) is 13.7 Å². The van der Waals surface area contributed by atoms with Crippen LogP contribution >= 0.6 is 0 Å². The van der Waals surface area contributed by atoms with Gasteiger partial charge in [-0.25, -0.2) is 9.37 Å². The van der Waals surface area contributed by atoms with Gasteiger partial charge in [-0.1, -0.05) is 6.85 Å². The van der Waals surface area contributed by atoms with Crippen molar-refractivity contribution in [2.24, 2.45) is 11.7 Å². The van der Waals surface area contributed by atoms with Crippen molar-refractivity contribution >= 4 is 22.6 Å². The number of ether oxygens (including phenoxy) is 2. The van der Waals surface area contributed by atoms with Crippen molar-refractivity contribution in [3.63, 3.8) is 0 Å². The number of benzene rings is 1. The van der Waals surface area contributed by atoms with Crippen molar-refractivity contribution in [2.45, 2.75) is 25.4 Å². The van der Waals surface area contributed by atoms with Crippen LogP contribution in [0, 0.1) is 5.92 Å². The van der Waals surface area contributed by atoms with Gasteiger partial charge in [-0.2, -0.15) is 0 Å². The van der Waals surface area contributed by atoms with E-state index in [1.54, 1.807) is 6.07 Å². The third-order valence-corrected chi connectivity index (χ3v) is 4.21. The number of nitrogens with zero attached hydrogens (tertiary/aromatic N) is 1. The zero-order chi connectivity index (χ0) is 23.1. The molecule has 0 aliphatic carbocycles. The van der Waals surface area contributed by atoms with Gasteiger partial charge in [0.25, 0.3) is 11.8 Å². The second kappa shape index (κ2) is 7.15. The Bertz CT molecular complexity index is 1030. The maximum Gasteiger partial charge on any atom is 0.255 e. The number of nitrogens with one attached hydrogen (secondary N) is 1. The predicted octanol–water partition coefficient (Wildman–Crippen LogP) is 1.58. The monoisotopic (exact) mass is 366 g/mol. The van der Waals surface area contributed by atoms with Crippen LogP contribution in [0.25, 0.3) is 10.8 Å². The fourth-order valence-corrected chi connectivity index (χ4v) is 2.86. The van der Waals surface area contributed by atoms with Crippen LogP contribution in [0.2, 0.25) is 0 Å². The summed E-state index contributed by atoms with van der Waals surface area (Å²) in [6.07, 6.45) is -3.94. The molecule has 0 radical (unpaired) electrons. The molecule has 0 spiro atoms. The summed E-state index contributed by atoms with van der Waals surface area (Å²) >= 11 is 0. The van der Waals surface area contributed by atoms with E-state index in [4.69, 9.17) is 22.1 Å². The number of carbonyl (C=O) groups is 2. The number of nitrogens with two attached hydrogens (primary N) is 1. The lowest BCUT2D eigenvalue weighted by atomic mass is 9.97. The lowest BCUT2D eigenvalue weighted by molar-refractivity contribution is -0.123. The minimum absolute atomic E-state index is 0.0385. The van der Waals surface area contributed by atoms with Gasteiger partial charge < -0.3 is 20.5 Å². The molecule has 1 fully saturated rings. The Morgan fingerprint density at radius 1 is 1.54 bits per heavy atom. The predicted molar refractivity (Wildman–Crippen MR) is 92.9 cm³/mol. The van der Waals surface area contributed by atoms with E-state index >= 15 is 0 Å². The number of alkyl halides is 1. The quantitative estimate of drug-likeness (QED) is 0.808. The Kier molecular flexibility index (Phi) is 3.42. The molecule has 1 aliphatic rings. The van der Waals surface area contributed by atoms with Crippen LogP contribution in [0.5, 0.6) is 11.6 Å². The molecule has 3 atom stereocenters. The highest BCUT2D eigenvalue weighted by molar-refractivity contribution is 6.01. The number of hydrogen-bond donors (Lipinski definition) is 2. The fourth-order valence-electron chi connectivity index (χ4n) is 2.86. The SMILES string of the molecule is [2H]C([2H])([2H])C([2H])([2H])[C@@H]1[C@H](F)C(=O)N[C@@H]1COc1nccc2cc(C(N)=O)c(OC)cc12. The maximum absolute atomic E-state index is 14.4. The van der Waals surface area contributed by atoms with E-state index in [2.05, 4.69) is 10.3 Å². The van der Waals surface area contributed by atoms with E-state index in [1.807, 2.05) is 0 Å². The first-order valence-corrected chi connectivity index (χ1v) is 7.72. The summed E-state index contributed by atoms with van der Waals surface area (Å²) in [4.78, 5) is 27.5. The molecule has 3 rings (SSSR count). The Hall–Kier alpha value is -2.90. The third kappa shape index (κ3) is 3.14. The molecule has 2 heterocycles. The van der Waals surface area contributed by atoms with Gasteiger partial charge >= 0.3 is 0 Å². The summed E-state index contributed by atoms with van der Waals surface area (Å²) < 4.78 is 63.2. The van der Waals surface area contributed by atoms with Gasteiger partial charge in [-0.3, -0.25) is 9.59 Å². The first-order valence-electron chi connectivity index (χ1n) is 10.2. The van der Waals surface area contributed by atoms with Crippen molar-refractivity contribution < 1.29 is 30.3 Å². The average molecular weight is 366 g/mol. The normalized spacial score (nSPS) is 26.2. The largest absolute Gasteiger partial charge is 0.496 e. The Morgan fingerprint density at radius 3 is 3.04 bits per heavy atom. The number of amides is 2. The molecule has 1 aliphatic heterocycles. The van der Waals surface area contributed by atoms with E-state index in [-0.39, 0.29) is 17.2 Å². The number of primary amides is 1. The molecule has 0 unspecified atom stereocenters. The summed E-state index contributed by atoms with van der Waals surface area (Å²) in [6.45, 7) is -3.58. The fraction of sp³-hybridized carbons (Fsp3) is 0.389. The van der Waals surface area contributed by atoms with E-state index in [9.17, 15) is 14.0 Å². The number of fused-ring (bicyclic) bond motifs is 1. The lowest BCUT2D eigenvalue weighted by Gasteiger charge is -2.19. The first-order chi connectivity index (χ1) is 14.4. The third-order valence-electron chi connectivity index (χ3n) is 4.21. The highest BCUT2D eigenvalue weighted by atomic mass is 19.1. The summed E-state index contributed by atoms with van der Waals surface area (Å²) in [5, 5.41) is 3.21. The summed E-state index contributed by atoms with van der Waals surface area (Å²) in [5.74, 6) is -3.39. The molecule has 1 aromatic heterocycles. The summed E-state index contributed by atoms with van der Waals surface area (Å²) in [7, 11) is 1.35. The van der Waals surface area contributed by atoms with Crippen LogP contribution < -0.4 is 20.5 Å². The van der Waals surface area contributed by atoms with Crippen LogP contribution in [0.4, 0.5) is 4.39 Å². The van der Waals surface area contributed by atoms with E-state index in [0.717, 1.165) is 0 Å². The molecule has 2 aromatic rings. The van der Waals surface area contributed by atoms with Gasteiger partial charge in [0.1, 0.15) is 12.4 Å². The van der Waals surface area contributed by atoms with Crippen LogP contribution in [-0.4, -0.2) is 42.7 Å². The van der Waals surface area contributed by atoms with Crippen molar-refractivity contribution in [3.05, 3.63) is 30.0 Å². The molecule has 3 N–H and O–H groups in total. The van der Waals surface area contributed by atoms with E-state index < -0.39 is 49.8 Å². The maximum atomic E-state index is 14.4. The topological polar surface area (TPSA) is 104 Å². The Balaban J connectivity index is 1.92. The zero-order valence-corrected chi connectivity index (χ0v) is 13.8. The highest BCUT2D eigenvalue weighted by Crippen LogP contribution is 2.31. The van der Waals surface area contributed by atoms with Crippen LogP contribution in [0.3, 0.4) is 0 Å². The molecule has 26 heavy (non-hydrogen) atoms. The van der Waals surface area contributed by atoms with E-state index in [0.29, 0.717) is 10.8 Å². The molecule has 2 amide bonds. The summed E-state index contributed by atoms with van der Waals surface area (Å²) in [5.41, 5.74) is 5.49. The number of rotatable bonds is 6. The number of carbonyl (C=O) groups excluding carboxylic acids is 2. The van der Waals surface area contributed by atoms with Crippen LogP contribution in [0.15, 0.2) is 24.4 Å². The second-order valence-corrected chi connectivity index (χ2v) is 5.75. The van der Waals surface area contributed by atoms with Gasteiger partial charge in [0.15, 0.2) is 6.17 Å². The van der Waals surface area contributed by atoms with E-state index in [1.165, 1.54) is 25.4 Å². The van der Waals surface area contributed by atoms with Crippen molar-refractivity contribution in [1.29, 1.82) is 0 Å². The molecule has 0 saturated carbocycles. The Morgan fingerprint density at radius 2 is 2.35 bits per heavy atom. The number of aromatic nitrogens is 1. The number of pyridine rings is 1. The summed E-state index contributed by atoms with van der Waals surface area (Å²) in [6, 6.07) is 3.30. The average Bonchev–Trinajstić information content (AvgIpc) is 2.98. The first kappa shape index (κ1) is 12.5. The Labute approximate surface area is 156 Å². The van der Waals surface area contributed by atoms with Crippen LogP contribution in [-0.2, 0) is 4.79 Å². The minimum atomic E-state index is -3.15.